The zero-order chi connectivity index (χ0) is 12.5. The molecular formula is C15H30N2. The maximum atomic E-state index is 6.24. The second-order valence-electron chi connectivity index (χ2n) is 7.30. The Morgan fingerprint density at radius 1 is 1.12 bits per heavy atom. The Bertz CT molecular complexity index is 240. The summed E-state index contributed by atoms with van der Waals surface area (Å²) >= 11 is 0. The van der Waals surface area contributed by atoms with Gasteiger partial charge in [-0.25, -0.2) is 0 Å². The van der Waals surface area contributed by atoms with Gasteiger partial charge in [0.05, 0.1) is 0 Å². The zero-order valence-electron chi connectivity index (χ0n) is 11.9. The molecule has 2 nitrogen and oxygen atoms in total. The van der Waals surface area contributed by atoms with E-state index in [0.717, 1.165) is 18.4 Å². The molecular weight excluding hydrogens is 208 g/mol. The summed E-state index contributed by atoms with van der Waals surface area (Å²) in [6.07, 6.45) is 6.87. The van der Waals surface area contributed by atoms with E-state index in [2.05, 4.69) is 25.7 Å². The molecule has 1 aliphatic carbocycles. The van der Waals surface area contributed by atoms with E-state index in [-0.39, 0.29) is 0 Å². The first-order valence-electron chi connectivity index (χ1n) is 7.45. The fourth-order valence-electron chi connectivity index (χ4n) is 3.18. The molecule has 0 radical (unpaired) electrons. The van der Waals surface area contributed by atoms with Crippen LogP contribution >= 0.6 is 0 Å². The van der Waals surface area contributed by atoms with E-state index in [4.69, 9.17) is 5.73 Å². The summed E-state index contributed by atoms with van der Waals surface area (Å²) in [4.78, 5) is 2.62. The van der Waals surface area contributed by atoms with Crippen LogP contribution in [0.2, 0.25) is 0 Å². The summed E-state index contributed by atoms with van der Waals surface area (Å²) in [5, 5.41) is 0. The lowest BCUT2D eigenvalue weighted by molar-refractivity contribution is 0.204. The molecule has 17 heavy (non-hydrogen) atoms. The minimum atomic E-state index is 0.446. The number of likely N-dealkylation sites (tertiary alicyclic amines) is 1. The highest BCUT2D eigenvalue weighted by molar-refractivity contribution is 4.87. The van der Waals surface area contributed by atoms with Gasteiger partial charge in [0.2, 0.25) is 0 Å². The summed E-state index contributed by atoms with van der Waals surface area (Å²) in [5.41, 5.74) is 6.72. The van der Waals surface area contributed by atoms with Gasteiger partial charge in [-0.1, -0.05) is 20.8 Å². The number of nitrogens with two attached hydrogens (primary N) is 1. The van der Waals surface area contributed by atoms with E-state index in [0.29, 0.717) is 11.5 Å². The molecule has 0 spiro atoms. The number of rotatable bonds is 3. The molecule has 2 heteroatoms. The van der Waals surface area contributed by atoms with Crippen molar-refractivity contribution in [2.75, 3.05) is 19.6 Å². The predicted molar refractivity (Wildman–Crippen MR) is 73.9 cm³/mol. The van der Waals surface area contributed by atoms with Gasteiger partial charge in [0, 0.05) is 12.6 Å². The van der Waals surface area contributed by atoms with Crippen LogP contribution in [-0.2, 0) is 0 Å². The van der Waals surface area contributed by atoms with Gasteiger partial charge in [-0.2, -0.15) is 0 Å². The Morgan fingerprint density at radius 3 is 2.41 bits per heavy atom. The third kappa shape index (κ3) is 3.96. The zero-order valence-corrected chi connectivity index (χ0v) is 11.9. The molecule has 2 aliphatic rings. The largest absolute Gasteiger partial charge is 0.326 e. The average Bonchev–Trinajstić information content (AvgIpc) is 3.03. The van der Waals surface area contributed by atoms with E-state index in [1.807, 2.05) is 0 Å². The minimum Gasteiger partial charge on any atom is -0.326 e. The van der Waals surface area contributed by atoms with Crippen LogP contribution in [0.3, 0.4) is 0 Å². The molecule has 100 valence electrons. The number of hydrogen-bond donors (Lipinski definition) is 1. The Labute approximate surface area is 107 Å². The highest BCUT2D eigenvalue weighted by Crippen LogP contribution is 2.35. The van der Waals surface area contributed by atoms with E-state index in [9.17, 15) is 0 Å². The fourth-order valence-corrected chi connectivity index (χ4v) is 3.18. The van der Waals surface area contributed by atoms with E-state index in [1.54, 1.807) is 0 Å². The molecule has 1 heterocycles. The molecule has 0 aromatic rings. The van der Waals surface area contributed by atoms with Crippen LogP contribution in [0.4, 0.5) is 0 Å². The third-order valence-electron chi connectivity index (χ3n) is 4.74. The Morgan fingerprint density at radius 2 is 1.82 bits per heavy atom. The molecule has 0 aromatic heterocycles. The van der Waals surface area contributed by atoms with Gasteiger partial charge in [-0.3, -0.25) is 0 Å². The fraction of sp³-hybridized carbons (Fsp3) is 1.00. The summed E-state index contributed by atoms with van der Waals surface area (Å²) in [5.74, 6) is 1.74. The Kier molecular flexibility index (Phi) is 4.14. The van der Waals surface area contributed by atoms with Gasteiger partial charge < -0.3 is 10.6 Å². The third-order valence-corrected chi connectivity index (χ3v) is 4.74. The normalized spacial score (nSPS) is 30.0. The standard InChI is InChI=1S/C15H30N2/c1-15(2,3)13-5-4-9-17(10-8-13)11-14(16)12-6-7-12/h12-14H,4-11,16H2,1-3H3. The van der Waals surface area contributed by atoms with Crippen molar-refractivity contribution in [2.45, 2.75) is 58.9 Å². The first kappa shape index (κ1) is 13.4. The van der Waals surface area contributed by atoms with E-state index >= 15 is 0 Å². The van der Waals surface area contributed by atoms with Crippen molar-refractivity contribution in [1.29, 1.82) is 0 Å². The van der Waals surface area contributed by atoms with Crippen LogP contribution in [0, 0.1) is 17.3 Å². The van der Waals surface area contributed by atoms with Crippen molar-refractivity contribution < 1.29 is 0 Å². The molecule has 2 unspecified atom stereocenters. The minimum absolute atomic E-state index is 0.446. The molecule has 0 amide bonds. The van der Waals surface area contributed by atoms with E-state index < -0.39 is 0 Å². The van der Waals surface area contributed by atoms with Gasteiger partial charge in [-0.15, -0.1) is 0 Å². The van der Waals surface area contributed by atoms with E-state index in [1.165, 1.54) is 45.2 Å². The average molecular weight is 238 g/mol. The highest BCUT2D eigenvalue weighted by atomic mass is 15.1. The molecule has 2 atom stereocenters. The van der Waals surface area contributed by atoms with Crippen molar-refractivity contribution in [3.8, 4) is 0 Å². The van der Waals surface area contributed by atoms with Gasteiger partial charge in [0.25, 0.3) is 0 Å². The molecule has 2 N–H and O–H groups in total. The molecule has 1 aliphatic heterocycles. The summed E-state index contributed by atoms with van der Waals surface area (Å²) in [6, 6.07) is 0.446. The molecule has 0 bridgehead atoms. The lowest BCUT2D eigenvalue weighted by atomic mass is 9.77. The maximum Gasteiger partial charge on any atom is 0.0196 e. The first-order chi connectivity index (χ1) is 7.97. The van der Waals surface area contributed by atoms with Crippen molar-refractivity contribution in [3.05, 3.63) is 0 Å². The molecule has 1 saturated carbocycles. The van der Waals surface area contributed by atoms with Gasteiger partial charge in [0.15, 0.2) is 0 Å². The monoisotopic (exact) mass is 238 g/mol. The molecule has 1 saturated heterocycles. The van der Waals surface area contributed by atoms with Crippen LogP contribution in [0.5, 0.6) is 0 Å². The lowest BCUT2D eigenvalue weighted by Gasteiger charge is -2.30. The smallest absolute Gasteiger partial charge is 0.0196 e. The van der Waals surface area contributed by atoms with Crippen molar-refractivity contribution >= 4 is 0 Å². The van der Waals surface area contributed by atoms with Crippen molar-refractivity contribution in [3.63, 3.8) is 0 Å². The lowest BCUT2D eigenvalue weighted by Crippen LogP contribution is -2.39. The topological polar surface area (TPSA) is 29.3 Å². The van der Waals surface area contributed by atoms with Crippen LogP contribution in [0.1, 0.15) is 52.9 Å². The Balaban J connectivity index is 1.78. The molecule has 0 aromatic carbocycles. The second kappa shape index (κ2) is 5.27. The van der Waals surface area contributed by atoms with Gasteiger partial charge in [-0.05, 0) is 62.4 Å². The Hall–Kier alpha value is -0.0800. The first-order valence-corrected chi connectivity index (χ1v) is 7.45. The van der Waals surface area contributed by atoms with Crippen LogP contribution in [0.15, 0.2) is 0 Å². The molecule has 2 rings (SSSR count). The van der Waals surface area contributed by atoms with Crippen LogP contribution in [0.25, 0.3) is 0 Å². The van der Waals surface area contributed by atoms with Crippen molar-refractivity contribution in [1.82, 2.24) is 4.90 Å². The molecule has 2 fully saturated rings. The summed E-state index contributed by atoms with van der Waals surface area (Å²) in [6.45, 7) is 10.9. The summed E-state index contributed by atoms with van der Waals surface area (Å²) in [7, 11) is 0. The predicted octanol–water partition coefficient (Wildman–Crippen LogP) is 2.87. The highest BCUT2D eigenvalue weighted by Gasteiger charge is 2.31. The van der Waals surface area contributed by atoms with Crippen LogP contribution in [-0.4, -0.2) is 30.6 Å². The maximum absolute atomic E-state index is 6.24. The number of hydrogen-bond acceptors (Lipinski definition) is 2. The van der Waals surface area contributed by atoms with Crippen LogP contribution < -0.4 is 5.73 Å². The number of nitrogens with zero attached hydrogens (tertiary/aromatic N) is 1. The second-order valence-corrected chi connectivity index (χ2v) is 7.30. The SMILES string of the molecule is CC(C)(C)C1CCCN(CC(N)C2CC2)CC1. The summed E-state index contributed by atoms with van der Waals surface area (Å²) < 4.78 is 0. The van der Waals surface area contributed by atoms with Gasteiger partial charge in [0.1, 0.15) is 0 Å². The quantitative estimate of drug-likeness (QED) is 0.819. The van der Waals surface area contributed by atoms with Crippen molar-refractivity contribution in [2.24, 2.45) is 23.0 Å². The van der Waals surface area contributed by atoms with Gasteiger partial charge >= 0.3 is 0 Å².